The van der Waals surface area contributed by atoms with E-state index in [0.29, 0.717) is 5.69 Å². The van der Waals surface area contributed by atoms with E-state index in [9.17, 15) is 4.39 Å². The topological polar surface area (TPSA) is 12.9 Å². The number of thiazole rings is 1. The van der Waals surface area contributed by atoms with Crippen LogP contribution in [0.5, 0.6) is 0 Å². The molecule has 0 spiro atoms. The number of aromatic nitrogens is 1. The first-order valence-corrected chi connectivity index (χ1v) is 3.40. The lowest BCUT2D eigenvalue weighted by atomic mass is 10.6. The molecule has 0 aromatic carbocycles. The maximum Gasteiger partial charge on any atom is 0.200 e. The van der Waals surface area contributed by atoms with Crippen molar-refractivity contribution in [2.24, 2.45) is 0 Å². The van der Waals surface area contributed by atoms with Gasteiger partial charge in [-0.25, -0.2) is 4.98 Å². The quantitative estimate of drug-likeness (QED) is 0.560. The smallest absolute Gasteiger partial charge is 0.200 e. The van der Waals surface area contributed by atoms with Crippen LogP contribution in [0.25, 0.3) is 0 Å². The first-order chi connectivity index (χ1) is 3.84. The minimum absolute atomic E-state index is 0.162. The van der Waals surface area contributed by atoms with Crippen molar-refractivity contribution < 1.29 is 4.39 Å². The van der Waals surface area contributed by atoms with Gasteiger partial charge in [-0.3, -0.25) is 0 Å². The lowest BCUT2D eigenvalue weighted by molar-refractivity contribution is 0.641. The number of rotatable bonds is 1. The largest absolute Gasteiger partial charge is 0.245 e. The molecule has 1 nitrogen and oxygen atoms in total. The Kier molecular flexibility index (Phi) is 1.81. The normalized spacial score (nSPS) is 9.75. The minimum atomic E-state index is -0.278. The van der Waals surface area contributed by atoms with Crippen LogP contribution in [0.2, 0.25) is 0 Å². The molecule has 0 saturated heterocycles. The van der Waals surface area contributed by atoms with Crippen molar-refractivity contribution in [2.45, 2.75) is 5.88 Å². The van der Waals surface area contributed by atoms with Crippen LogP contribution < -0.4 is 0 Å². The van der Waals surface area contributed by atoms with E-state index in [2.05, 4.69) is 4.98 Å². The van der Waals surface area contributed by atoms with Gasteiger partial charge in [0, 0.05) is 0 Å². The third-order valence-electron chi connectivity index (χ3n) is 0.718. The van der Waals surface area contributed by atoms with E-state index in [1.165, 1.54) is 5.51 Å². The molecule has 4 heteroatoms. The Morgan fingerprint density at radius 1 is 1.88 bits per heavy atom. The Labute approximate surface area is 55.1 Å². The highest BCUT2D eigenvalue weighted by atomic mass is 35.5. The maximum absolute atomic E-state index is 12.2. The fourth-order valence-corrected chi connectivity index (χ4v) is 1.14. The predicted octanol–water partition coefficient (Wildman–Crippen LogP) is 2.02. The van der Waals surface area contributed by atoms with Gasteiger partial charge in [0.1, 0.15) is 5.69 Å². The average molecular weight is 152 g/mol. The highest BCUT2D eigenvalue weighted by Gasteiger charge is 2.00. The molecule has 0 radical (unpaired) electrons. The Bertz CT molecular complexity index is 176. The third kappa shape index (κ3) is 0.980. The van der Waals surface area contributed by atoms with E-state index >= 15 is 0 Å². The fourth-order valence-electron chi connectivity index (χ4n) is 0.342. The fraction of sp³-hybridized carbons (Fsp3) is 0.250. The molecule has 0 aliphatic heterocycles. The molecule has 0 bridgehead atoms. The molecule has 0 amide bonds. The van der Waals surface area contributed by atoms with E-state index < -0.39 is 0 Å². The zero-order valence-electron chi connectivity index (χ0n) is 3.90. The molecule has 0 unspecified atom stereocenters. The van der Waals surface area contributed by atoms with Gasteiger partial charge in [0.15, 0.2) is 0 Å². The third-order valence-corrected chi connectivity index (χ3v) is 1.62. The van der Waals surface area contributed by atoms with Crippen molar-refractivity contribution in [3.8, 4) is 0 Å². The van der Waals surface area contributed by atoms with Crippen molar-refractivity contribution in [3.63, 3.8) is 0 Å². The van der Waals surface area contributed by atoms with Gasteiger partial charge < -0.3 is 0 Å². The lowest BCUT2D eigenvalue weighted by Gasteiger charge is -1.80. The van der Waals surface area contributed by atoms with Crippen molar-refractivity contribution in [1.29, 1.82) is 0 Å². The van der Waals surface area contributed by atoms with Gasteiger partial charge in [0.2, 0.25) is 5.13 Å². The summed E-state index contributed by atoms with van der Waals surface area (Å²) in [4.78, 5) is 3.65. The Hall–Kier alpha value is -0.150. The molecular formula is C4H3ClFNS. The first-order valence-electron chi connectivity index (χ1n) is 1.98. The van der Waals surface area contributed by atoms with Crippen molar-refractivity contribution in [1.82, 2.24) is 4.98 Å². The van der Waals surface area contributed by atoms with Gasteiger partial charge in [0.25, 0.3) is 0 Å². The van der Waals surface area contributed by atoms with Gasteiger partial charge >= 0.3 is 0 Å². The second kappa shape index (κ2) is 2.42. The molecular weight excluding hydrogens is 149 g/mol. The van der Waals surface area contributed by atoms with Crippen LogP contribution in [0.4, 0.5) is 4.39 Å². The summed E-state index contributed by atoms with van der Waals surface area (Å²) in [7, 11) is 0. The molecule has 0 atom stereocenters. The molecule has 1 aromatic rings. The monoisotopic (exact) mass is 151 g/mol. The molecule has 8 heavy (non-hydrogen) atoms. The molecule has 0 aliphatic carbocycles. The summed E-state index contributed by atoms with van der Waals surface area (Å²) in [6.07, 6.45) is 0. The summed E-state index contributed by atoms with van der Waals surface area (Å²) in [5.74, 6) is 0.162. The van der Waals surface area contributed by atoms with Crippen LogP contribution in [0.3, 0.4) is 0 Å². The van der Waals surface area contributed by atoms with Crippen molar-refractivity contribution in [2.75, 3.05) is 0 Å². The maximum atomic E-state index is 12.2. The highest BCUT2D eigenvalue weighted by Crippen LogP contribution is 2.11. The SMILES string of the molecule is Fc1scnc1CCl. The zero-order chi connectivity index (χ0) is 5.98. The van der Waals surface area contributed by atoms with Gasteiger partial charge in [-0.1, -0.05) is 11.3 Å². The summed E-state index contributed by atoms with van der Waals surface area (Å²) >= 11 is 6.24. The van der Waals surface area contributed by atoms with E-state index in [0.717, 1.165) is 11.3 Å². The molecule has 0 saturated carbocycles. The van der Waals surface area contributed by atoms with Crippen LogP contribution in [0.15, 0.2) is 5.51 Å². The number of alkyl halides is 1. The van der Waals surface area contributed by atoms with Crippen LogP contribution in [0.1, 0.15) is 5.69 Å². The van der Waals surface area contributed by atoms with Crippen molar-refractivity contribution >= 4 is 22.9 Å². The van der Waals surface area contributed by atoms with Crippen LogP contribution in [-0.4, -0.2) is 4.98 Å². The number of hydrogen-bond donors (Lipinski definition) is 0. The Morgan fingerprint density at radius 3 is 2.88 bits per heavy atom. The Balaban J connectivity index is 2.92. The van der Waals surface area contributed by atoms with E-state index in [4.69, 9.17) is 11.6 Å². The summed E-state index contributed by atoms with van der Waals surface area (Å²) in [5.41, 5.74) is 1.78. The highest BCUT2D eigenvalue weighted by molar-refractivity contribution is 7.08. The molecule has 1 rings (SSSR count). The number of nitrogens with zero attached hydrogens (tertiary/aromatic N) is 1. The van der Waals surface area contributed by atoms with E-state index in [1.54, 1.807) is 0 Å². The standard InChI is InChI=1S/C4H3ClFNS/c5-1-3-4(6)8-2-7-3/h2H,1H2. The number of hydrogen-bond acceptors (Lipinski definition) is 2. The second-order valence-corrected chi connectivity index (χ2v) is 2.28. The zero-order valence-corrected chi connectivity index (χ0v) is 5.47. The summed E-state index contributed by atoms with van der Waals surface area (Å²) in [6, 6.07) is 0. The van der Waals surface area contributed by atoms with Crippen molar-refractivity contribution in [3.05, 3.63) is 16.3 Å². The van der Waals surface area contributed by atoms with Gasteiger partial charge in [-0.15, -0.1) is 11.6 Å². The Morgan fingerprint density at radius 2 is 2.62 bits per heavy atom. The lowest BCUT2D eigenvalue weighted by Crippen LogP contribution is -1.77. The van der Waals surface area contributed by atoms with Gasteiger partial charge in [-0.05, 0) is 0 Å². The number of halogens is 2. The first kappa shape index (κ1) is 5.98. The average Bonchev–Trinajstić information content (AvgIpc) is 2.14. The van der Waals surface area contributed by atoms with Crippen LogP contribution in [0, 0.1) is 5.13 Å². The minimum Gasteiger partial charge on any atom is -0.245 e. The predicted molar refractivity (Wildman–Crippen MR) is 31.6 cm³/mol. The van der Waals surface area contributed by atoms with Crippen LogP contribution in [-0.2, 0) is 5.88 Å². The summed E-state index contributed by atoms with van der Waals surface area (Å²) in [5, 5.41) is -0.278. The molecule has 0 N–H and O–H groups in total. The second-order valence-electron chi connectivity index (χ2n) is 1.21. The molecule has 0 aliphatic rings. The van der Waals surface area contributed by atoms with Gasteiger partial charge in [-0.2, -0.15) is 4.39 Å². The van der Waals surface area contributed by atoms with Gasteiger partial charge in [0.05, 0.1) is 11.4 Å². The molecule has 1 heterocycles. The van der Waals surface area contributed by atoms with E-state index in [-0.39, 0.29) is 11.0 Å². The molecule has 1 aromatic heterocycles. The van der Waals surface area contributed by atoms with E-state index in [1.807, 2.05) is 0 Å². The van der Waals surface area contributed by atoms with Crippen LogP contribution >= 0.6 is 22.9 Å². The molecule has 0 fully saturated rings. The summed E-state index contributed by atoms with van der Waals surface area (Å²) < 4.78 is 12.2. The summed E-state index contributed by atoms with van der Waals surface area (Å²) in [6.45, 7) is 0. The molecule has 44 valence electrons.